The van der Waals surface area contributed by atoms with E-state index in [9.17, 15) is 4.79 Å². The first-order valence-corrected chi connectivity index (χ1v) is 5.74. The van der Waals surface area contributed by atoms with Crippen LogP contribution in [0.3, 0.4) is 0 Å². The van der Waals surface area contributed by atoms with Crippen LogP contribution in [0.1, 0.15) is 12.1 Å². The molecule has 0 saturated carbocycles. The van der Waals surface area contributed by atoms with Crippen molar-refractivity contribution in [2.75, 3.05) is 19.6 Å². The number of halogens is 1. The zero-order valence-corrected chi connectivity index (χ0v) is 10.8. The molecule has 2 N–H and O–H groups in total. The van der Waals surface area contributed by atoms with Crippen LogP contribution < -0.4 is 10.6 Å². The minimum atomic E-state index is 0. The minimum absolute atomic E-state index is 0. The molecule has 2 heterocycles. The van der Waals surface area contributed by atoms with Crippen LogP contribution >= 0.6 is 12.4 Å². The summed E-state index contributed by atoms with van der Waals surface area (Å²) in [6.07, 6.45) is 2.88. The highest BCUT2D eigenvalue weighted by Gasteiger charge is 2.21. The molecular formula is C11H19ClN4O. The van der Waals surface area contributed by atoms with Gasteiger partial charge in [0, 0.05) is 19.3 Å². The average molecular weight is 259 g/mol. The van der Waals surface area contributed by atoms with Crippen molar-refractivity contribution in [2.24, 2.45) is 5.92 Å². The smallest absolute Gasteiger partial charge is 0.224 e. The molecule has 1 aromatic heterocycles. The molecule has 1 aromatic rings. The Morgan fingerprint density at radius 2 is 2.53 bits per heavy atom. The van der Waals surface area contributed by atoms with Crippen LogP contribution in [0.15, 0.2) is 12.3 Å². The second kappa shape index (κ2) is 6.61. The Labute approximate surface area is 107 Å². The van der Waals surface area contributed by atoms with Crippen molar-refractivity contribution < 1.29 is 4.79 Å². The molecule has 0 bridgehead atoms. The van der Waals surface area contributed by atoms with E-state index in [0.29, 0.717) is 6.54 Å². The van der Waals surface area contributed by atoms with Gasteiger partial charge in [0.25, 0.3) is 0 Å². The third kappa shape index (κ3) is 4.02. The van der Waals surface area contributed by atoms with Crippen molar-refractivity contribution in [3.05, 3.63) is 18.0 Å². The standard InChI is InChI=1S/C11H18N4O.ClH/c1-9-3-6-15(14-9)7-5-13-11(16)10-2-4-12-8-10;/h3,6,10,12H,2,4-5,7-8H2,1H3,(H,13,16);1H. The Morgan fingerprint density at radius 1 is 1.71 bits per heavy atom. The molecule has 96 valence electrons. The van der Waals surface area contributed by atoms with Crippen molar-refractivity contribution in [1.82, 2.24) is 20.4 Å². The number of nitrogens with one attached hydrogen (secondary N) is 2. The number of hydrogen-bond donors (Lipinski definition) is 2. The Morgan fingerprint density at radius 3 is 3.12 bits per heavy atom. The maximum Gasteiger partial charge on any atom is 0.224 e. The first kappa shape index (κ1) is 14.0. The number of nitrogens with zero attached hydrogens (tertiary/aromatic N) is 2. The largest absolute Gasteiger partial charge is 0.354 e. The molecule has 0 aromatic carbocycles. The third-order valence-corrected chi connectivity index (χ3v) is 2.85. The van der Waals surface area contributed by atoms with Crippen molar-refractivity contribution in [2.45, 2.75) is 19.9 Å². The van der Waals surface area contributed by atoms with Gasteiger partial charge in [-0.15, -0.1) is 12.4 Å². The molecule has 6 heteroatoms. The molecule has 0 spiro atoms. The summed E-state index contributed by atoms with van der Waals surface area (Å²) in [7, 11) is 0. The van der Waals surface area contributed by atoms with Crippen LogP contribution in [0.25, 0.3) is 0 Å². The molecule has 1 aliphatic rings. The summed E-state index contributed by atoms with van der Waals surface area (Å²) in [6.45, 7) is 5.11. The zero-order valence-electron chi connectivity index (χ0n) is 9.98. The maximum absolute atomic E-state index is 11.7. The van der Waals surface area contributed by atoms with Gasteiger partial charge in [0.15, 0.2) is 0 Å². The van der Waals surface area contributed by atoms with E-state index in [0.717, 1.165) is 31.7 Å². The van der Waals surface area contributed by atoms with Crippen molar-refractivity contribution in [1.29, 1.82) is 0 Å². The molecule has 5 nitrogen and oxygen atoms in total. The Hall–Kier alpha value is -1.07. The lowest BCUT2D eigenvalue weighted by Gasteiger charge is -2.09. The van der Waals surface area contributed by atoms with Crippen LogP contribution in [0.2, 0.25) is 0 Å². The number of aryl methyl sites for hydroxylation is 1. The SMILES string of the molecule is Cc1ccn(CCNC(=O)C2CCNC2)n1.Cl. The van der Waals surface area contributed by atoms with Gasteiger partial charge in [0.2, 0.25) is 5.91 Å². The fourth-order valence-electron chi connectivity index (χ4n) is 1.90. The second-order valence-electron chi connectivity index (χ2n) is 4.20. The van der Waals surface area contributed by atoms with Crippen molar-refractivity contribution in [3.63, 3.8) is 0 Å². The Kier molecular flexibility index (Phi) is 5.44. The fourth-order valence-corrected chi connectivity index (χ4v) is 1.90. The summed E-state index contributed by atoms with van der Waals surface area (Å²) in [5.41, 5.74) is 1.01. The normalized spacial score (nSPS) is 18.8. The number of aromatic nitrogens is 2. The van der Waals surface area contributed by atoms with E-state index in [1.54, 1.807) is 0 Å². The molecule has 1 amide bonds. The van der Waals surface area contributed by atoms with Gasteiger partial charge in [-0.25, -0.2) is 0 Å². The van der Waals surface area contributed by atoms with E-state index in [2.05, 4.69) is 15.7 Å². The minimum Gasteiger partial charge on any atom is -0.354 e. The average Bonchev–Trinajstić information content (AvgIpc) is 2.89. The summed E-state index contributed by atoms with van der Waals surface area (Å²) in [4.78, 5) is 11.7. The molecule has 1 aliphatic heterocycles. The van der Waals surface area contributed by atoms with Gasteiger partial charge in [-0.05, 0) is 26.0 Å². The Bertz CT molecular complexity index is 360. The lowest BCUT2D eigenvalue weighted by atomic mass is 10.1. The predicted molar refractivity (Wildman–Crippen MR) is 68.2 cm³/mol. The van der Waals surface area contributed by atoms with Gasteiger partial charge in [0.1, 0.15) is 0 Å². The Balaban J connectivity index is 0.00000144. The number of amides is 1. The second-order valence-corrected chi connectivity index (χ2v) is 4.20. The predicted octanol–water partition coefficient (Wildman–Crippen LogP) is 0.339. The molecule has 1 saturated heterocycles. The summed E-state index contributed by atoms with van der Waals surface area (Å²) in [5, 5.41) is 10.4. The fraction of sp³-hybridized carbons (Fsp3) is 0.636. The zero-order chi connectivity index (χ0) is 11.4. The molecule has 1 fully saturated rings. The number of hydrogen-bond acceptors (Lipinski definition) is 3. The van der Waals surface area contributed by atoms with Crippen molar-refractivity contribution in [3.8, 4) is 0 Å². The number of carbonyl (C=O) groups excluding carboxylic acids is 1. The quantitative estimate of drug-likeness (QED) is 0.819. The van der Waals surface area contributed by atoms with Crippen LogP contribution in [-0.2, 0) is 11.3 Å². The summed E-state index contributed by atoms with van der Waals surface area (Å²) in [5.74, 6) is 0.313. The first-order valence-electron chi connectivity index (χ1n) is 5.74. The maximum atomic E-state index is 11.7. The van der Waals surface area contributed by atoms with E-state index in [4.69, 9.17) is 0 Å². The molecule has 2 rings (SSSR count). The van der Waals surface area contributed by atoms with Crippen LogP contribution in [-0.4, -0.2) is 35.3 Å². The number of rotatable bonds is 4. The van der Waals surface area contributed by atoms with Gasteiger partial charge in [-0.1, -0.05) is 0 Å². The summed E-state index contributed by atoms with van der Waals surface area (Å²) < 4.78 is 1.85. The molecule has 0 aliphatic carbocycles. The highest BCUT2D eigenvalue weighted by Crippen LogP contribution is 2.06. The lowest BCUT2D eigenvalue weighted by molar-refractivity contribution is -0.124. The van der Waals surface area contributed by atoms with E-state index in [-0.39, 0.29) is 24.2 Å². The topological polar surface area (TPSA) is 59.0 Å². The van der Waals surface area contributed by atoms with Gasteiger partial charge in [0.05, 0.1) is 18.2 Å². The van der Waals surface area contributed by atoms with E-state index in [1.807, 2.05) is 23.9 Å². The van der Waals surface area contributed by atoms with Gasteiger partial charge in [-0.2, -0.15) is 5.10 Å². The van der Waals surface area contributed by atoms with Crippen LogP contribution in [0.5, 0.6) is 0 Å². The van der Waals surface area contributed by atoms with Crippen LogP contribution in [0, 0.1) is 12.8 Å². The van der Waals surface area contributed by atoms with Gasteiger partial charge in [-0.3, -0.25) is 9.48 Å². The molecule has 0 radical (unpaired) electrons. The monoisotopic (exact) mass is 258 g/mol. The van der Waals surface area contributed by atoms with E-state index in [1.165, 1.54) is 0 Å². The van der Waals surface area contributed by atoms with Gasteiger partial charge >= 0.3 is 0 Å². The van der Waals surface area contributed by atoms with Crippen LogP contribution in [0.4, 0.5) is 0 Å². The molecule has 1 atom stereocenters. The molecule has 1 unspecified atom stereocenters. The molecular weight excluding hydrogens is 240 g/mol. The number of carbonyl (C=O) groups is 1. The lowest BCUT2D eigenvalue weighted by Crippen LogP contribution is -2.34. The highest BCUT2D eigenvalue weighted by molar-refractivity contribution is 5.85. The summed E-state index contributed by atoms with van der Waals surface area (Å²) in [6, 6.07) is 1.96. The highest BCUT2D eigenvalue weighted by atomic mass is 35.5. The van der Waals surface area contributed by atoms with Gasteiger partial charge < -0.3 is 10.6 Å². The first-order chi connectivity index (χ1) is 7.75. The van der Waals surface area contributed by atoms with Crippen molar-refractivity contribution >= 4 is 18.3 Å². The molecule has 17 heavy (non-hydrogen) atoms. The third-order valence-electron chi connectivity index (χ3n) is 2.85. The summed E-state index contributed by atoms with van der Waals surface area (Å²) >= 11 is 0. The van der Waals surface area contributed by atoms with E-state index < -0.39 is 0 Å². The van der Waals surface area contributed by atoms with E-state index >= 15 is 0 Å².